The summed E-state index contributed by atoms with van der Waals surface area (Å²) in [7, 11) is 1.71. The molecule has 4 aromatic rings. The van der Waals surface area contributed by atoms with Crippen molar-refractivity contribution in [2.75, 3.05) is 10.7 Å². The summed E-state index contributed by atoms with van der Waals surface area (Å²) in [6.07, 6.45) is 0.867. The summed E-state index contributed by atoms with van der Waals surface area (Å²) in [5, 5.41) is 3.20. The van der Waals surface area contributed by atoms with E-state index in [1.54, 1.807) is 7.05 Å². The molecule has 2 heterocycles. The number of rotatable bonds is 3. The lowest BCUT2D eigenvalue weighted by molar-refractivity contribution is -0.116. The van der Waals surface area contributed by atoms with Gasteiger partial charge in [0.2, 0.25) is 5.91 Å². The molecule has 1 atom stereocenters. The zero-order valence-electron chi connectivity index (χ0n) is 16.8. The normalized spacial score (nSPS) is 15.7. The number of amides is 1. The number of hydrogen-bond acceptors (Lipinski definition) is 4. The minimum Gasteiger partial charge on any atom is -0.308 e. The maximum Gasteiger partial charge on any atom is 0.261 e. The second-order valence-corrected chi connectivity index (χ2v) is 8.65. The Morgan fingerprint density at radius 1 is 1.10 bits per heavy atom. The number of hydrogen-bond donors (Lipinski definition) is 0. The fourth-order valence-electron chi connectivity index (χ4n) is 4.21. The first-order valence-electron chi connectivity index (χ1n) is 9.95. The lowest BCUT2D eigenvalue weighted by Crippen LogP contribution is -2.37. The van der Waals surface area contributed by atoms with Crippen LogP contribution in [-0.4, -0.2) is 27.3 Å². The van der Waals surface area contributed by atoms with Gasteiger partial charge >= 0.3 is 0 Å². The first kappa shape index (κ1) is 18.9. The highest BCUT2D eigenvalue weighted by molar-refractivity contribution is 7.99. The van der Waals surface area contributed by atoms with E-state index in [9.17, 15) is 9.59 Å². The Balaban J connectivity index is 1.45. The monoisotopic (exact) mass is 415 g/mol. The van der Waals surface area contributed by atoms with E-state index >= 15 is 0 Å². The third kappa shape index (κ3) is 3.08. The minimum atomic E-state index is -0.0967. The molecule has 150 valence electrons. The van der Waals surface area contributed by atoms with Crippen LogP contribution in [0.1, 0.15) is 12.5 Å². The van der Waals surface area contributed by atoms with Crippen LogP contribution < -0.4 is 10.5 Å². The summed E-state index contributed by atoms with van der Waals surface area (Å²) in [5.74, 6) is 0.267. The fourth-order valence-corrected chi connectivity index (χ4v) is 5.04. The van der Waals surface area contributed by atoms with Crippen molar-refractivity contribution in [3.05, 3.63) is 76.6 Å². The number of para-hydroxylation sites is 1. The van der Waals surface area contributed by atoms with Crippen LogP contribution in [0.25, 0.3) is 21.7 Å². The Morgan fingerprint density at radius 2 is 1.80 bits per heavy atom. The summed E-state index contributed by atoms with van der Waals surface area (Å²) in [6.45, 7) is 2.07. The molecule has 3 aromatic carbocycles. The van der Waals surface area contributed by atoms with Gasteiger partial charge < -0.3 is 4.90 Å². The lowest BCUT2D eigenvalue weighted by atomic mass is 10.1. The van der Waals surface area contributed by atoms with Gasteiger partial charge in [0.1, 0.15) is 0 Å². The molecule has 30 heavy (non-hydrogen) atoms. The van der Waals surface area contributed by atoms with Gasteiger partial charge in [0.25, 0.3) is 5.56 Å². The Labute approximate surface area is 178 Å². The molecule has 0 spiro atoms. The Bertz CT molecular complexity index is 1360. The zero-order valence-corrected chi connectivity index (χ0v) is 17.6. The van der Waals surface area contributed by atoms with E-state index < -0.39 is 0 Å². The fraction of sp³-hybridized carbons (Fsp3) is 0.208. The molecule has 1 aliphatic heterocycles. The van der Waals surface area contributed by atoms with Crippen LogP contribution in [0.3, 0.4) is 0 Å². The van der Waals surface area contributed by atoms with Crippen molar-refractivity contribution in [3.8, 4) is 0 Å². The Hall–Kier alpha value is -3.12. The Morgan fingerprint density at radius 3 is 2.60 bits per heavy atom. The maximum absolute atomic E-state index is 13.0. The van der Waals surface area contributed by atoms with Crippen molar-refractivity contribution in [2.24, 2.45) is 7.05 Å². The molecule has 1 amide bonds. The van der Waals surface area contributed by atoms with Gasteiger partial charge in [0.15, 0.2) is 5.16 Å². The number of benzene rings is 3. The summed E-state index contributed by atoms with van der Waals surface area (Å²) >= 11 is 1.31. The molecule has 0 N–H and O–H groups in total. The van der Waals surface area contributed by atoms with Crippen molar-refractivity contribution < 1.29 is 4.79 Å². The second kappa shape index (κ2) is 7.29. The van der Waals surface area contributed by atoms with E-state index in [2.05, 4.69) is 13.0 Å². The molecule has 0 saturated carbocycles. The van der Waals surface area contributed by atoms with Gasteiger partial charge in [0, 0.05) is 18.8 Å². The third-order valence-electron chi connectivity index (χ3n) is 5.70. The molecule has 1 aliphatic rings. The van der Waals surface area contributed by atoms with Crippen LogP contribution in [0.15, 0.2) is 70.6 Å². The highest BCUT2D eigenvalue weighted by Gasteiger charge is 2.30. The maximum atomic E-state index is 13.0. The average Bonchev–Trinajstić information content (AvgIpc) is 3.09. The van der Waals surface area contributed by atoms with Crippen molar-refractivity contribution in [1.29, 1.82) is 0 Å². The first-order chi connectivity index (χ1) is 14.5. The molecule has 5 nitrogen and oxygen atoms in total. The van der Waals surface area contributed by atoms with Crippen molar-refractivity contribution in [3.63, 3.8) is 0 Å². The number of fused-ring (bicyclic) bond motifs is 3. The molecule has 0 bridgehead atoms. The van der Waals surface area contributed by atoms with E-state index in [1.807, 2.05) is 59.5 Å². The number of aromatic nitrogens is 2. The van der Waals surface area contributed by atoms with Crippen LogP contribution in [0, 0.1) is 0 Å². The molecule has 0 aliphatic carbocycles. The van der Waals surface area contributed by atoms with E-state index in [0.717, 1.165) is 22.9 Å². The van der Waals surface area contributed by atoms with Crippen LogP contribution in [0.4, 0.5) is 5.69 Å². The SMILES string of the molecule is C[C@H]1Cc2ccccc2N1C(=O)CSc1nc2cc3ccccc3cc2c(=O)n1C. The largest absolute Gasteiger partial charge is 0.308 e. The first-order valence-corrected chi connectivity index (χ1v) is 10.9. The van der Waals surface area contributed by atoms with Gasteiger partial charge in [-0.2, -0.15) is 0 Å². The van der Waals surface area contributed by atoms with Crippen LogP contribution >= 0.6 is 11.8 Å². The van der Waals surface area contributed by atoms with E-state index in [1.165, 1.54) is 21.9 Å². The number of nitrogens with zero attached hydrogens (tertiary/aromatic N) is 3. The van der Waals surface area contributed by atoms with Gasteiger partial charge in [-0.15, -0.1) is 0 Å². The second-order valence-electron chi connectivity index (χ2n) is 7.71. The molecule has 6 heteroatoms. The molecular weight excluding hydrogens is 394 g/mol. The Kier molecular flexibility index (Phi) is 4.59. The standard InChI is InChI=1S/C24H21N3O2S/c1-15-11-18-9-5-6-10-21(18)27(15)22(28)14-30-24-25-20-13-17-8-4-3-7-16(17)12-19(20)23(29)26(24)2/h3-10,12-13,15H,11,14H2,1-2H3/t15-/m0/s1. The minimum absolute atomic E-state index is 0.0327. The van der Waals surface area contributed by atoms with Crippen LogP contribution in [0.2, 0.25) is 0 Å². The molecule has 1 aromatic heterocycles. The molecule has 0 saturated heterocycles. The van der Waals surface area contributed by atoms with Gasteiger partial charge in [-0.25, -0.2) is 4.98 Å². The van der Waals surface area contributed by atoms with E-state index in [-0.39, 0.29) is 23.3 Å². The number of anilines is 1. The van der Waals surface area contributed by atoms with Gasteiger partial charge in [-0.3, -0.25) is 14.2 Å². The summed E-state index contributed by atoms with van der Waals surface area (Å²) < 4.78 is 1.54. The number of carbonyl (C=O) groups is 1. The van der Waals surface area contributed by atoms with Crippen molar-refractivity contribution in [2.45, 2.75) is 24.5 Å². The number of thioether (sulfide) groups is 1. The quantitative estimate of drug-likeness (QED) is 0.286. The summed E-state index contributed by atoms with van der Waals surface area (Å²) in [6, 6.07) is 19.9. The molecule has 0 fully saturated rings. The van der Waals surface area contributed by atoms with E-state index in [0.29, 0.717) is 16.1 Å². The predicted molar refractivity (Wildman–Crippen MR) is 122 cm³/mol. The lowest BCUT2D eigenvalue weighted by Gasteiger charge is -2.22. The molecule has 0 unspecified atom stereocenters. The smallest absolute Gasteiger partial charge is 0.261 e. The molecule has 5 rings (SSSR count). The third-order valence-corrected chi connectivity index (χ3v) is 6.72. The van der Waals surface area contributed by atoms with Crippen molar-refractivity contribution in [1.82, 2.24) is 9.55 Å². The number of carbonyl (C=O) groups excluding carboxylic acids is 1. The van der Waals surface area contributed by atoms with E-state index in [4.69, 9.17) is 4.98 Å². The van der Waals surface area contributed by atoms with Gasteiger partial charge in [0.05, 0.1) is 16.7 Å². The van der Waals surface area contributed by atoms with Crippen LogP contribution in [0.5, 0.6) is 0 Å². The highest BCUT2D eigenvalue weighted by atomic mass is 32.2. The molecular formula is C24H21N3O2S. The van der Waals surface area contributed by atoms with Crippen molar-refractivity contribution >= 4 is 45.0 Å². The predicted octanol–water partition coefficient (Wildman–Crippen LogP) is 4.16. The summed E-state index contributed by atoms with van der Waals surface area (Å²) in [4.78, 5) is 32.5. The molecule has 0 radical (unpaired) electrons. The summed E-state index contributed by atoms with van der Waals surface area (Å²) in [5.41, 5.74) is 2.75. The van der Waals surface area contributed by atoms with Crippen LogP contribution in [-0.2, 0) is 18.3 Å². The zero-order chi connectivity index (χ0) is 20.8. The van der Waals surface area contributed by atoms with Gasteiger partial charge in [-0.05, 0) is 47.9 Å². The highest BCUT2D eigenvalue weighted by Crippen LogP contribution is 2.32. The topological polar surface area (TPSA) is 55.2 Å². The average molecular weight is 416 g/mol. The van der Waals surface area contributed by atoms with Gasteiger partial charge in [-0.1, -0.05) is 54.2 Å².